The molecular formula is C10H20O2. The average Bonchev–Trinajstić information content (AvgIpc) is 2.02. The molecule has 0 aromatic heterocycles. The first kappa shape index (κ1) is 11.7. The zero-order valence-electron chi connectivity index (χ0n) is 7.87. The summed E-state index contributed by atoms with van der Waals surface area (Å²) in [6, 6.07) is 0. The molecule has 0 amide bonds. The summed E-state index contributed by atoms with van der Waals surface area (Å²) < 4.78 is 0. The molecule has 0 spiro atoms. The van der Waals surface area contributed by atoms with Crippen LogP contribution in [0.15, 0.2) is 12.2 Å². The molecular weight excluding hydrogens is 152 g/mol. The zero-order valence-corrected chi connectivity index (χ0v) is 7.87. The van der Waals surface area contributed by atoms with Crippen LogP contribution < -0.4 is 0 Å². The average molecular weight is 172 g/mol. The number of hydrogen-bond donors (Lipinski definition) is 2. The summed E-state index contributed by atoms with van der Waals surface area (Å²) >= 11 is 0. The Kier molecular flexibility index (Phi) is 8.51. The lowest BCUT2D eigenvalue weighted by atomic mass is 10.2. The van der Waals surface area contributed by atoms with E-state index in [1.54, 1.807) is 6.92 Å². The smallest absolute Gasteiger partial charge is 0.0515 e. The van der Waals surface area contributed by atoms with E-state index in [1.165, 1.54) is 0 Å². The molecule has 0 aromatic rings. The van der Waals surface area contributed by atoms with Gasteiger partial charge in [0, 0.05) is 6.61 Å². The van der Waals surface area contributed by atoms with Crippen LogP contribution in [0.1, 0.15) is 39.0 Å². The first-order chi connectivity index (χ1) is 5.77. The number of allylic oxidation sites excluding steroid dienone is 2. The molecule has 0 aliphatic heterocycles. The highest BCUT2D eigenvalue weighted by atomic mass is 16.3. The molecule has 0 saturated heterocycles. The Bertz CT molecular complexity index is 108. The molecule has 72 valence electrons. The molecule has 1 unspecified atom stereocenters. The molecule has 0 aliphatic rings. The summed E-state index contributed by atoms with van der Waals surface area (Å²) in [7, 11) is 0. The van der Waals surface area contributed by atoms with Crippen molar-refractivity contribution in [3.05, 3.63) is 12.2 Å². The fraction of sp³-hybridized carbons (Fsp3) is 0.800. The molecule has 2 N–H and O–H groups in total. The SMILES string of the molecule is CC(O)CC/C=C/CCCCO. The molecule has 0 aromatic carbocycles. The normalized spacial score (nSPS) is 13.9. The molecule has 12 heavy (non-hydrogen) atoms. The Hall–Kier alpha value is -0.340. The summed E-state index contributed by atoms with van der Waals surface area (Å²) in [5.74, 6) is 0. The summed E-state index contributed by atoms with van der Waals surface area (Å²) in [6.45, 7) is 2.10. The summed E-state index contributed by atoms with van der Waals surface area (Å²) in [4.78, 5) is 0. The Labute approximate surface area is 74.9 Å². The second-order valence-electron chi connectivity index (χ2n) is 3.12. The van der Waals surface area contributed by atoms with Crippen LogP contribution in [0.2, 0.25) is 0 Å². The summed E-state index contributed by atoms with van der Waals surface area (Å²) in [6.07, 6.45) is 8.82. The maximum Gasteiger partial charge on any atom is 0.0515 e. The molecule has 2 heteroatoms. The Morgan fingerprint density at radius 2 is 1.83 bits per heavy atom. The quantitative estimate of drug-likeness (QED) is 0.454. The fourth-order valence-electron chi connectivity index (χ4n) is 0.947. The lowest BCUT2D eigenvalue weighted by Gasteiger charge is -1.98. The minimum atomic E-state index is -0.188. The van der Waals surface area contributed by atoms with Crippen molar-refractivity contribution in [1.29, 1.82) is 0 Å². The van der Waals surface area contributed by atoms with Crippen molar-refractivity contribution in [3.63, 3.8) is 0 Å². The van der Waals surface area contributed by atoms with Gasteiger partial charge in [0.15, 0.2) is 0 Å². The molecule has 2 nitrogen and oxygen atoms in total. The van der Waals surface area contributed by atoms with E-state index in [-0.39, 0.29) is 6.10 Å². The largest absolute Gasteiger partial charge is 0.396 e. The van der Waals surface area contributed by atoms with Gasteiger partial charge in [-0.05, 0) is 39.0 Å². The summed E-state index contributed by atoms with van der Waals surface area (Å²) in [5.41, 5.74) is 0. The number of aliphatic hydroxyl groups excluding tert-OH is 2. The predicted molar refractivity (Wildman–Crippen MR) is 51.0 cm³/mol. The van der Waals surface area contributed by atoms with Crippen LogP contribution in [0, 0.1) is 0 Å². The van der Waals surface area contributed by atoms with Crippen molar-refractivity contribution < 1.29 is 10.2 Å². The first-order valence-corrected chi connectivity index (χ1v) is 4.71. The Morgan fingerprint density at radius 1 is 1.17 bits per heavy atom. The van der Waals surface area contributed by atoms with Gasteiger partial charge >= 0.3 is 0 Å². The third-order valence-corrected chi connectivity index (χ3v) is 1.70. The predicted octanol–water partition coefficient (Wildman–Crippen LogP) is 1.87. The van der Waals surface area contributed by atoms with E-state index < -0.39 is 0 Å². The van der Waals surface area contributed by atoms with E-state index in [2.05, 4.69) is 12.2 Å². The van der Waals surface area contributed by atoms with E-state index in [1.807, 2.05) is 0 Å². The minimum absolute atomic E-state index is 0.188. The second-order valence-corrected chi connectivity index (χ2v) is 3.12. The van der Waals surface area contributed by atoms with Gasteiger partial charge in [-0.15, -0.1) is 0 Å². The van der Waals surface area contributed by atoms with Gasteiger partial charge in [-0.3, -0.25) is 0 Å². The molecule has 0 fully saturated rings. The van der Waals surface area contributed by atoms with Gasteiger partial charge in [0.25, 0.3) is 0 Å². The van der Waals surface area contributed by atoms with E-state index in [0.29, 0.717) is 6.61 Å². The molecule has 0 aliphatic carbocycles. The summed E-state index contributed by atoms with van der Waals surface area (Å²) in [5, 5.41) is 17.4. The van der Waals surface area contributed by atoms with Crippen LogP contribution in [-0.4, -0.2) is 22.9 Å². The molecule has 1 atom stereocenters. The highest BCUT2D eigenvalue weighted by molar-refractivity contribution is 4.81. The van der Waals surface area contributed by atoms with E-state index in [0.717, 1.165) is 32.1 Å². The van der Waals surface area contributed by atoms with Gasteiger partial charge in [-0.1, -0.05) is 12.2 Å². The van der Waals surface area contributed by atoms with Crippen molar-refractivity contribution in [2.45, 2.75) is 45.1 Å². The highest BCUT2D eigenvalue weighted by Gasteiger charge is 1.90. The van der Waals surface area contributed by atoms with Crippen molar-refractivity contribution >= 4 is 0 Å². The first-order valence-electron chi connectivity index (χ1n) is 4.71. The fourth-order valence-corrected chi connectivity index (χ4v) is 0.947. The highest BCUT2D eigenvalue weighted by Crippen LogP contribution is 2.00. The van der Waals surface area contributed by atoms with Crippen LogP contribution in [0.3, 0.4) is 0 Å². The number of hydrogen-bond acceptors (Lipinski definition) is 2. The van der Waals surface area contributed by atoms with Gasteiger partial charge in [0.1, 0.15) is 0 Å². The molecule has 0 radical (unpaired) electrons. The third-order valence-electron chi connectivity index (χ3n) is 1.70. The van der Waals surface area contributed by atoms with Gasteiger partial charge in [0.05, 0.1) is 6.10 Å². The second kappa shape index (κ2) is 8.75. The van der Waals surface area contributed by atoms with Crippen molar-refractivity contribution in [3.8, 4) is 0 Å². The topological polar surface area (TPSA) is 40.5 Å². The van der Waals surface area contributed by atoms with E-state index >= 15 is 0 Å². The standard InChI is InChI=1S/C10H20O2/c1-10(12)8-6-4-2-3-5-7-9-11/h2,4,10-12H,3,5-9H2,1H3/b4-2+. The third kappa shape index (κ3) is 9.66. The molecule has 0 bridgehead atoms. The molecule has 0 saturated carbocycles. The Balaban J connectivity index is 3.04. The lowest BCUT2D eigenvalue weighted by Crippen LogP contribution is -1.96. The molecule has 0 rings (SSSR count). The maximum absolute atomic E-state index is 8.93. The van der Waals surface area contributed by atoms with Gasteiger partial charge < -0.3 is 10.2 Å². The minimum Gasteiger partial charge on any atom is -0.396 e. The van der Waals surface area contributed by atoms with Crippen molar-refractivity contribution in [2.24, 2.45) is 0 Å². The number of aliphatic hydroxyl groups is 2. The van der Waals surface area contributed by atoms with E-state index in [4.69, 9.17) is 10.2 Å². The van der Waals surface area contributed by atoms with Crippen molar-refractivity contribution in [1.82, 2.24) is 0 Å². The van der Waals surface area contributed by atoms with E-state index in [9.17, 15) is 0 Å². The number of unbranched alkanes of at least 4 members (excludes halogenated alkanes) is 2. The van der Waals surface area contributed by atoms with Gasteiger partial charge in [-0.25, -0.2) is 0 Å². The number of rotatable bonds is 7. The van der Waals surface area contributed by atoms with Crippen LogP contribution in [0.5, 0.6) is 0 Å². The lowest BCUT2D eigenvalue weighted by molar-refractivity contribution is 0.186. The van der Waals surface area contributed by atoms with Gasteiger partial charge in [-0.2, -0.15) is 0 Å². The van der Waals surface area contributed by atoms with Crippen LogP contribution >= 0.6 is 0 Å². The maximum atomic E-state index is 8.93. The van der Waals surface area contributed by atoms with Crippen LogP contribution in [0.4, 0.5) is 0 Å². The Morgan fingerprint density at radius 3 is 2.42 bits per heavy atom. The monoisotopic (exact) mass is 172 g/mol. The van der Waals surface area contributed by atoms with Crippen LogP contribution in [0.25, 0.3) is 0 Å². The van der Waals surface area contributed by atoms with Gasteiger partial charge in [0.2, 0.25) is 0 Å². The van der Waals surface area contributed by atoms with Crippen LogP contribution in [-0.2, 0) is 0 Å². The van der Waals surface area contributed by atoms with Crippen molar-refractivity contribution in [2.75, 3.05) is 6.61 Å². The molecule has 0 heterocycles. The zero-order chi connectivity index (χ0) is 9.23.